The van der Waals surface area contributed by atoms with Crippen molar-refractivity contribution in [3.63, 3.8) is 0 Å². The number of amides is 2. The Bertz CT molecular complexity index is 522. The number of benzene rings is 1. The first-order valence-electron chi connectivity index (χ1n) is 8.28. The highest BCUT2D eigenvalue weighted by Gasteiger charge is 2.30. The molecule has 1 aliphatic carbocycles. The SMILES string of the molecule is COc1ccc(CCNC(=O)[C@@H](NC(C)=O)C2CCCC2)cc1. The Morgan fingerprint density at radius 3 is 2.43 bits per heavy atom. The van der Waals surface area contributed by atoms with Crippen LogP contribution in [0.4, 0.5) is 0 Å². The molecule has 0 bridgehead atoms. The summed E-state index contributed by atoms with van der Waals surface area (Å²) in [5, 5.41) is 5.78. The third-order valence-corrected chi connectivity index (χ3v) is 4.38. The summed E-state index contributed by atoms with van der Waals surface area (Å²) >= 11 is 0. The van der Waals surface area contributed by atoms with Gasteiger partial charge in [0, 0.05) is 13.5 Å². The van der Waals surface area contributed by atoms with Gasteiger partial charge in [-0.3, -0.25) is 9.59 Å². The van der Waals surface area contributed by atoms with Crippen LogP contribution in [-0.2, 0) is 16.0 Å². The lowest BCUT2D eigenvalue weighted by Gasteiger charge is -2.23. The number of carbonyl (C=O) groups excluding carboxylic acids is 2. The van der Waals surface area contributed by atoms with Crippen molar-refractivity contribution < 1.29 is 14.3 Å². The summed E-state index contributed by atoms with van der Waals surface area (Å²) in [6.07, 6.45) is 5.06. The van der Waals surface area contributed by atoms with Gasteiger partial charge in [-0.05, 0) is 42.9 Å². The molecule has 1 fully saturated rings. The minimum Gasteiger partial charge on any atom is -0.497 e. The molecule has 1 aromatic rings. The molecule has 1 atom stereocenters. The third-order valence-electron chi connectivity index (χ3n) is 4.38. The summed E-state index contributed by atoms with van der Waals surface area (Å²) in [7, 11) is 1.64. The molecule has 0 radical (unpaired) electrons. The Morgan fingerprint density at radius 1 is 1.22 bits per heavy atom. The Balaban J connectivity index is 1.83. The van der Waals surface area contributed by atoms with E-state index in [1.165, 1.54) is 6.92 Å². The largest absolute Gasteiger partial charge is 0.497 e. The zero-order chi connectivity index (χ0) is 16.7. The van der Waals surface area contributed by atoms with E-state index < -0.39 is 6.04 Å². The van der Waals surface area contributed by atoms with Gasteiger partial charge in [0.05, 0.1) is 7.11 Å². The van der Waals surface area contributed by atoms with Gasteiger partial charge in [-0.15, -0.1) is 0 Å². The van der Waals surface area contributed by atoms with E-state index in [2.05, 4.69) is 10.6 Å². The highest BCUT2D eigenvalue weighted by Crippen LogP contribution is 2.27. The first kappa shape index (κ1) is 17.3. The zero-order valence-electron chi connectivity index (χ0n) is 13.9. The van der Waals surface area contributed by atoms with Crippen LogP contribution in [0.5, 0.6) is 5.75 Å². The quantitative estimate of drug-likeness (QED) is 0.808. The maximum atomic E-state index is 12.4. The number of ether oxygens (including phenoxy) is 1. The number of carbonyl (C=O) groups is 2. The smallest absolute Gasteiger partial charge is 0.242 e. The lowest BCUT2D eigenvalue weighted by atomic mass is 9.97. The molecule has 126 valence electrons. The van der Waals surface area contributed by atoms with Crippen molar-refractivity contribution in [2.24, 2.45) is 5.92 Å². The molecule has 2 rings (SSSR count). The van der Waals surface area contributed by atoms with Crippen LogP contribution in [0.2, 0.25) is 0 Å². The molecule has 0 heterocycles. The lowest BCUT2D eigenvalue weighted by Crippen LogP contribution is -2.50. The molecule has 0 aromatic heterocycles. The minimum absolute atomic E-state index is 0.0689. The number of hydrogen-bond acceptors (Lipinski definition) is 3. The van der Waals surface area contributed by atoms with Crippen LogP contribution in [0.15, 0.2) is 24.3 Å². The molecular weight excluding hydrogens is 292 g/mol. The van der Waals surface area contributed by atoms with E-state index in [1.807, 2.05) is 24.3 Å². The molecule has 2 N–H and O–H groups in total. The molecule has 0 saturated heterocycles. The Kier molecular flexibility index (Phi) is 6.44. The van der Waals surface area contributed by atoms with Crippen LogP contribution in [0.25, 0.3) is 0 Å². The Morgan fingerprint density at radius 2 is 1.87 bits per heavy atom. The molecule has 5 nitrogen and oxygen atoms in total. The van der Waals surface area contributed by atoms with E-state index in [-0.39, 0.29) is 17.7 Å². The molecule has 0 spiro atoms. The summed E-state index contributed by atoms with van der Waals surface area (Å²) in [4.78, 5) is 23.8. The van der Waals surface area contributed by atoms with Crippen LogP contribution >= 0.6 is 0 Å². The predicted octanol–water partition coefficient (Wildman–Crippen LogP) is 2.05. The first-order valence-corrected chi connectivity index (χ1v) is 8.28. The fourth-order valence-corrected chi connectivity index (χ4v) is 3.14. The third kappa shape index (κ3) is 5.27. The fourth-order valence-electron chi connectivity index (χ4n) is 3.14. The monoisotopic (exact) mass is 318 g/mol. The average Bonchev–Trinajstić information content (AvgIpc) is 3.07. The number of nitrogens with one attached hydrogen (secondary N) is 2. The highest BCUT2D eigenvalue weighted by molar-refractivity contribution is 5.87. The van der Waals surface area contributed by atoms with Crippen molar-refractivity contribution in [2.75, 3.05) is 13.7 Å². The van der Waals surface area contributed by atoms with E-state index in [0.717, 1.165) is 43.4 Å². The van der Waals surface area contributed by atoms with Crippen molar-refractivity contribution in [1.29, 1.82) is 0 Å². The van der Waals surface area contributed by atoms with Crippen molar-refractivity contribution in [3.8, 4) is 5.75 Å². The molecule has 2 amide bonds. The fraction of sp³-hybridized carbons (Fsp3) is 0.556. The van der Waals surface area contributed by atoms with E-state index >= 15 is 0 Å². The molecule has 5 heteroatoms. The van der Waals surface area contributed by atoms with Crippen molar-refractivity contribution in [1.82, 2.24) is 10.6 Å². The van der Waals surface area contributed by atoms with E-state index in [4.69, 9.17) is 4.74 Å². The van der Waals surface area contributed by atoms with Gasteiger partial charge < -0.3 is 15.4 Å². The molecule has 23 heavy (non-hydrogen) atoms. The van der Waals surface area contributed by atoms with Crippen LogP contribution in [0.1, 0.15) is 38.2 Å². The number of hydrogen-bond donors (Lipinski definition) is 2. The lowest BCUT2D eigenvalue weighted by molar-refractivity contribution is -0.129. The maximum absolute atomic E-state index is 12.4. The standard InChI is InChI=1S/C18H26N2O3/c1-13(21)20-17(15-5-3-4-6-15)18(22)19-12-11-14-7-9-16(23-2)10-8-14/h7-10,15,17H,3-6,11-12H2,1-2H3,(H,19,22)(H,20,21)/t17-/m0/s1. The van der Waals surface area contributed by atoms with Crippen molar-refractivity contribution in [3.05, 3.63) is 29.8 Å². The van der Waals surface area contributed by atoms with E-state index in [0.29, 0.717) is 6.54 Å². The molecule has 0 aliphatic heterocycles. The average molecular weight is 318 g/mol. The summed E-state index contributed by atoms with van der Waals surface area (Å²) in [6.45, 7) is 2.03. The van der Waals surface area contributed by atoms with Crippen LogP contribution in [0, 0.1) is 5.92 Å². The second-order valence-corrected chi connectivity index (χ2v) is 6.11. The first-order chi connectivity index (χ1) is 11.1. The molecular formula is C18H26N2O3. The van der Waals surface area contributed by atoms with Crippen molar-refractivity contribution in [2.45, 2.75) is 45.1 Å². The van der Waals surface area contributed by atoms with Crippen LogP contribution in [0.3, 0.4) is 0 Å². The molecule has 1 saturated carbocycles. The van der Waals surface area contributed by atoms with Gasteiger partial charge in [-0.25, -0.2) is 0 Å². The summed E-state index contributed by atoms with van der Waals surface area (Å²) in [5.41, 5.74) is 1.14. The van der Waals surface area contributed by atoms with E-state index in [1.54, 1.807) is 7.11 Å². The Hall–Kier alpha value is -2.04. The minimum atomic E-state index is -0.397. The number of rotatable bonds is 7. The molecule has 1 aliphatic rings. The van der Waals surface area contributed by atoms with Gasteiger partial charge in [-0.2, -0.15) is 0 Å². The topological polar surface area (TPSA) is 67.4 Å². The molecule has 0 unspecified atom stereocenters. The van der Waals surface area contributed by atoms with Gasteiger partial charge in [0.2, 0.25) is 11.8 Å². The van der Waals surface area contributed by atoms with E-state index in [9.17, 15) is 9.59 Å². The van der Waals surface area contributed by atoms with Crippen LogP contribution in [-0.4, -0.2) is 31.5 Å². The van der Waals surface area contributed by atoms with Gasteiger partial charge in [0.25, 0.3) is 0 Å². The van der Waals surface area contributed by atoms with Gasteiger partial charge >= 0.3 is 0 Å². The summed E-state index contributed by atoms with van der Waals surface area (Å²) in [5.74, 6) is 0.873. The summed E-state index contributed by atoms with van der Waals surface area (Å²) < 4.78 is 5.13. The van der Waals surface area contributed by atoms with Crippen LogP contribution < -0.4 is 15.4 Å². The van der Waals surface area contributed by atoms with Gasteiger partial charge in [0.1, 0.15) is 11.8 Å². The zero-order valence-corrected chi connectivity index (χ0v) is 13.9. The Labute approximate surface area is 137 Å². The van der Waals surface area contributed by atoms with Gasteiger partial charge in [0.15, 0.2) is 0 Å². The van der Waals surface area contributed by atoms with Crippen molar-refractivity contribution >= 4 is 11.8 Å². The molecule has 1 aromatic carbocycles. The van der Waals surface area contributed by atoms with Gasteiger partial charge in [-0.1, -0.05) is 25.0 Å². The summed E-state index contributed by atoms with van der Waals surface area (Å²) in [6, 6.07) is 7.41. The maximum Gasteiger partial charge on any atom is 0.242 e. The second-order valence-electron chi connectivity index (χ2n) is 6.11. The second kappa shape index (κ2) is 8.56. The highest BCUT2D eigenvalue weighted by atomic mass is 16.5. The number of methoxy groups -OCH3 is 1. The predicted molar refractivity (Wildman–Crippen MR) is 89.3 cm³/mol. The normalized spacial score (nSPS) is 15.9.